The van der Waals surface area contributed by atoms with Crippen molar-refractivity contribution in [3.63, 3.8) is 0 Å². The van der Waals surface area contributed by atoms with Crippen molar-refractivity contribution in [2.24, 2.45) is 0 Å². The maximum absolute atomic E-state index is 12.8. The van der Waals surface area contributed by atoms with Crippen LogP contribution in [0.4, 0.5) is 10.1 Å². The van der Waals surface area contributed by atoms with Crippen LogP contribution in [0.25, 0.3) is 0 Å². The Morgan fingerprint density at radius 2 is 2.23 bits per heavy atom. The molecule has 0 N–H and O–H groups in total. The Balaban J connectivity index is 3.39. The molecule has 13 heavy (non-hydrogen) atoms. The SMILES string of the molecule is N#Cc1cc(Br)c([N+](=O)[O-])cc1F. The monoisotopic (exact) mass is 244 g/mol. The van der Waals surface area contributed by atoms with E-state index in [0.717, 1.165) is 6.07 Å². The fraction of sp³-hybridized carbons (Fsp3) is 0. The van der Waals surface area contributed by atoms with E-state index in [1.165, 1.54) is 0 Å². The number of nitro groups is 1. The molecule has 0 atom stereocenters. The van der Waals surface area contributed by atoms with Crippen LogP contribution < -0.4 is 0 Å². The Morgan fingerprint density at radius 1 is 1.62 bits per heavy atom. The van der Waals surface area contributed by atoms with Crippen LogP contribution in [0.5, 0.6) is 0 Å². The Kier molecular flexibility index (Phi) is 2.58. The first-order chi connectivity index (χ1) is 6.06. The zero-order valence-electron chi connectivity index (χ0n) is 6.12. The summed E-state index contributed by atoms with van der Waals surface area (Å²) in [6.07, 6.45) is 0. The summed E-state index contributed by atoms with van der Waals surface area (Å²) in [6, 6.07) is 3.36. The van der Waals surface area contributed by atoms with Crippen LogP contribution in [0.3, 0.4) is 0 Å². The molecule has 0 saturated carbocycles. The van der Waals surface area contributed by atoms with E-state index in [2.05, 4.69) is 15.9 Å². The van der Waals surface area contributed by atoms with Crippen molar-refractivity contribution >= 4 is 21.6 Å². The van der Waals surface area contributed by atoms with Gasteiger partial charge in [0.25, 0.3) is 5.69 Å². The lowest BCUT2D eigenvalue weighted by atomic mass is 10.2. The fourth-order valence-electron chi connectivity index (χ4n) is 0.762. The number of halogens is 2. The van der Waals surface area contributed by atoms with Gasteiger partial charge >= 0.3 is 0 Å². The van der Waals surface area contributed by atoms with Crippen LogP contribution in [0.15, 0.2) is 16.6 Å². The second-order valence-corrected chi connectivity index (χ2v) is 3.01. The number of nitro benzene ring substituents is 1. The minimum Gasteiger partial charge on any atom is -0.258 e. The molecule has 0 amide bonds. The van der Waals surface area contributed by atoms with Gasteiger partial charge in [0.05, 0.1) is 21.0 Å². The summed E-state index contributed by atoms with van der Waals surface area (Å²) in [4.78, 5) is 9.57. The highest BCUT2D eigenvalue weighted by Gasteiger charge is 2.15. The number of rotatable bonds is 1. The molecule has 0 heterocycles. The maximum Gasteiger partial charge on any atom is 0.286 e. The van der Waals surface area contributed by atoms with Crippen LogP contribution in [-0.4, -0.2) is 4.92 Å². The number of nitriles is 1. The summed E-state index contributed by atoms with van der Waals surface area (Å²) in [6.45, 7) is 0. The summed E-state index contributed by atoms with van der Waals surface area (Å²) in [5.41, 5.74) is -0.617. The van der Waals surface area contributed by atoms with Gasteiger partial charge in [0.15, 0.2) is 0 Å². The molecule has 1 aromatic carbocycles. The van der Waals surface area contributed by atoms with E-state index in [9.17, 15) is 14.5 Å². The number of hydrogen-bond donors (Lipinski definition) is 0. The Morgan fingerprint density at radius 3 is 2.69 bits per heavy atom. The molecule has 0 spiro atoms. The molecule has 0 aliphatic carbocycles. The van der Waals surface area contributed by atoms with E-state index < -0.39 is 16.4 Å². The van der Waals surface area contributed by atoms with Crippen LogP contribution in [0.2, 0.25) is 0 Å². The van der Waals surface area contributed by atoms with Gasteiger partial charge in [0.1, 0.15) is 11.9 Å². The highest BCUT2D eigenvalue weighted by Crippen LogP contribution is 2.27. The topological polar surface area (TPSA) is 66.9 Å². The van der Waals surface area contributed by atoms with Crippen molar-refractivity contribution in [1.29, 1.82) is 5.26 Å². The molecule has 0 bridgehead atoms. The van der Waals surface area contributed by atoms with Crippen molar-refractivity contribution < 1.29 is 9.31 Å². The van der Waals surface area contributed by atoms with E-state index in [1.807, 2.05) is 0 Å². The van der Waals surface area contributed by atoms with Gasteiger partial charge in [0.2, 0.25) is 0 Å². The Labute approximate surface area is 80.9 Å². The van der Waals surface area contributed by atoms with Gasteiger partial charge in [-0.25, -0.2) is 4.39 Å². The molecule has 0 saturated heterocycles. The highest BCUT2D eigenvalue weighted by atomic mass is 79.9. The van der Waals surface area contributed by atoms with Gasteiger partial charge in [-0.2, -0.15) is 5.26 Å². The summed E-state index contributed by atoms with van der Waals surface area (Å²) in [5.74, 6) is -0.891. The Bertz CT molecular complexity index is 414. The van der Waals surface area contributed by atoms with Crippen molar-refractivity contribution in [2.75, 3.05) is 0 Å². The first-order valence-electron chi connectivity index (χ1n) is 3.10. The number of nitrogens with zero attached hydrogens (tertiary/aromatic N) is 2. The average Bonchev–Trinajstić information content (AvgIpc) is 2.07. The molecule has 0 radical (unpaired) electrons. The molecule has 66 valence electrons. The zero-order chi connectivity index (χ0) is 10.0. The Hall–Kier alpha value is -1.48. The summed E-state index contributed by atoms with van der Waals surface area (Å²) >= 11 is 2.86. The van der Waals surface area contributed by atoms with E-state index in [4.69, 9.17) is 5.26 Å². The van der Waals surface area contributed by atoms with E-state index in [-0.39, 0.29) is 10.0 Å². The molecule has 0 unspecified atom stereocenters. The van der Waals surface area contributed by atoms with Crippen molar-refractivity contribution in [3.05, 3.63) is 38.1 Å². The van der Waals surface area contributed by atoms with E-state index in [0.29, 0.717) is 6.07 Å². The smallest absolute Gasteiger partial charge is 0.258 e. The second kappa shape index (κ2) is 3.49. The van der Waals surface area contributed by atoms with Crippen LogP contribution in [0, 0.1) is 27.3 Å². The van der Waals surface area contributed by atoms with Crippen molar-refractivity contribution in [1.82, 2.24) is 0 Å². The lowest BCUT2D eigenvalue weighted by molar-refractivity contribution is -0.385. The van der Waals surface area contributed by atoms with Crippen molar-refractivity contribution in [3.8, 4) is 6.07 Å². The first kappa shape index (κ1) is 9.61. The molecule has 4 nitrogen and oxygen atoms in total. The molecule has 6 heteroatoms. The van der Waals surface area contributed by atoms with E-state index in [1.54, 1.807) is 6.07 Å². The molecule has 0 aliphatic heterocycles. The average molecular weight is 245 g/mol. The molecule has 1 rings (SSSR count). The molecular formula is C7H2BrFN2O2. The van der Waals surface area contributed by atoms with Gasteiger partial charge < -0.3 is 0 Å². The number of hydrogen-bond acceptors (Lipinski definition) is 3. The largest absolute Gasteiger partial charge is 0.286 e. The summed E-state index contributed by atoms with van der Waals surface area (Å²) < 4.78 is 12.9. The predicted molar refractivity (Wildman–Crippen MR) is 45.5 cm³/mol. The van der Waals surface area contributed by atoms with E-state index >= 15 is 0 Å². The van der Waals surface area contributed by atoms with Gasteiger partial charge in [-0.1, -0.05) is 0 Å². The minimum atomic E-state index is -0.891. The van der Waals surface area contributed by atoms with Crippen LogP contribution in [0.1, 0.15) is 5.56 Å². The lowest BCUT2D eigenvalue weighted by Crippen LogP contribution is -1.92. The van der Waals surface area contributed by atoms with Gasteiger partial charge in [-0.3, -0.25) is 10.1 Å². The molecule has 0 aliphatic rings. The lowest BCUT2D eigenvalue weighted by Gasteiger charge is -1.96. The molecular weight excluding hydrogens is 243 g/mol. The normalized spacial score (nSPS) is 9.31. The number of benzene rings is 1. The molecule has 0 fully saturated rings. The maximum atomic E-state index is 12.8. The minimum absolute atomic E-state index is 0.0930. The standard InChI is InChI=1S/C7H2BrFN2O2/c8-5-1-4(3-10)6(9)2-7(5)11(12)13/h1-2H. The summed E-state index contributed by atoms with van der Waals surface area (Å²) in [7, 11) is 0. The quantitative estimate of drug-likeness (QED) is 0.563. The second-order valence-electron chi connectivity index (χ2n) is 2.15. The van der Waals surface area contributed by atoms with Gasteiger partial charge in [0, 0.05) is 0 Å². The van der Waals surface area contributed by atoms with Crippen LogP contribution in [-0.2, 0) is 0 Å². The predicted octanol–water partition coefficient (Wildman–Crippen LogP) is 2.37. The van der Waals surface area contributed by atoms with Crippen molar-refractivity contribution in [2.45, 2.75) is 0 Å². The van der Waals surface area contributed by atoms with Crippen LogP contribution >= 0.6 is 15.9 Å². The first-order valence-corrected chi connectivity index (χ1v) is 3.89. The molecule has 1 aromatic rings. The third kappa shape index (κ3) is 1.81. The third-order valence-corrected chi connectivity index (χ3v) is 1.99. The highest BCUT2D eigenvalue weighted by molar-refractivity contribution is 9.10. The fourth-order valence-corrected chi connectivity index (χ4v) is 1.25. The zero-order valence-corrected chi connectivity index (χ0v) is 7.71. The summed E-state index contributed by atoms with van der Waals surface area (Å²) in [5, 5.41) is 18.7. The third-order valence-electron chi connectivity index (χ3n) is 1.35. The van der Waals surface area contributed by atoms with Gasteiger partial charge in [-0.15, -0.1) is 0 Å². The van der Waals surface area contributed by atoms with Gasteiger partial charge in [-0.05, 0) is 22.0 Å². The molecule has 0 aromatic heterocycles.